The second kappa shape index (κ2) is 7.18. The molecule has 6 nitrogen and oxygen atoms in total. The van der Waals surface area contributed by atoms with E-state index in [9.17, 15) is 9.59 Å². The fourth-order valence-electron chi connectivity index (χ4n) is 4.58. The summed E-state index contributed by atoms with van der Waals surface area (Å²) in [4.78, 5) is 28.9. The number of hydrogen-bond acceptors (Lipinski definition) is 3. The molecule has 0 unspecified atom stereocenters. The van der Waals surface area contributed by atoms with Gasteiger partial charge in [0, 0.05) is 50.8 Å². The van der Waals surface area contributed by atoms with E-state index >= 15 is 0 Å². The van der Waals surface area contributed by atoms with E-state index < -0.39 is 0 Å². The Bertz CT molecular complexity index is 667. The number of carbonyl (C=O) groups is 2. The molecule has 2 fully saturated rings. The molecule has 2 aliphatic heterocycles. The highest BCUT2D eigenvalue weighted by molar-refractivity contribution is 5.79. The van der Waals surface area contributed by atoms with E-state index in [0.717, 1.165) is 56.6 Å². The van der Waals surface area contributed by atoms with Gasteiger partial charge in [0.2, 0.25) is 11.8 Å². The van der Waals surface area contributed by atoms with Gasteiger partial charge < -0.3 is 9.80 Å². The van der Waals surface area contributed by atoms with Crippen molar-refractivity contribution in [3.8, 4) is 0 Å². The zero-order valence-corrected chi connectivity index (χ0v) is 15.9. The Morgan fingerprint density at radius 1 is 1.08 bits per heavy atom. The molecule has 0 aliphatic carbocycles. The Morgan fingerprint density at radius 3 is 2.44 bits per heavy atom. The van der Waals surface area contributed by atoms with Crippen molar-refractivity contribution in [3.63, 3.8) is 0 Å². The van der Waals surface area contributed by atoms with Crippen LogP contribution >= 0.6 is 0 Å². The standard InChI is InChI=1S/C19H30N4O2/c1-13-19(14(2)21(4)20-13)17-9-7-11-23(17)18(25)12-16-8-5-6-10-22(16)15(3)24/h16-17H,5-12H2,1-4H3/t16-,17-/m0/s1. The Kier molecular flexibility index (Phi) is 5.16. The van der Waals surface area contributed by atoms with Crippen molar-refractivity contribution in [2.45, 2.75) is 71.4 Å². The van der Waals surface area contributed by atoms with E-state index in [1.54, 1.807) is 6.92 Å². The fourth-order valence-corrected chi connectivity index (χ4v) is 4.58. The quantitative estimate of drug-likeness (QED) is 0.845. The van der Waals surface area contributed by atoms with Crippen molar-refractivity contribution in [2.75, 3.05) is 13.1 Å². The molecule has 138 valence electrons. The normalized spacial score (nSPS) is 24.0. The maximum absolute atomic E-state index is 13.1. The zero-order chi connectivity index (χ0) is 18.1. The molecule has 2 saturated heterocycles. The van der Waals surface area contributed by atoms with Crippen LogP contribution in [-0.4, -0.2) is 50.5 Å². The van der Waals surface area contributed by atoms with Gasteiger partial charge in [-0.2, -0.15) is 5.10 Å². The van der Waals surface area contributed by atoms with Crippen molar-refractivity contribution in [3.05, 3.63) is 17.0 Å². The van der Waals surface area contributed by atoms with Crippen LogP contribution in [0.1, 0.15) is 68.4 Å². The molecular weight excluding hydrogens is 316 g/mol. The number of hydrogen-bond donors (Lipinski definition) is 0. The summed E-state index contributed by atoms with van der Waals surface area (Å²) in [6.07, 6.45) is 5.57. The summed E-state index contributed by atoms with van der Waals surface area (Å²) in [7, 11) is 1.96. The van der Waals surface area contributed by atoms with Gasteiger partial charge in [-0.3, -0.25) is 14.3 Å². The summed E-state index contributed by atoms with van der Waals surface area (Å²) in [6, 6.07) is 0.201. The number of amides is 2. The number of piperidine rings is 1. The lowest BCUT2D eigenvalue weighted by Crippen LogP contribution is -2.45. The topological polar surface area (TPSA) is 58.4 Å². The highest BCUT2D eigenvalue weighted by Crippen LogP contribution is 2.36. The Hall–Kier alpha value is -1.85. The summed E-state index contributed by atoms with van der Waals surface area (Å²) in [5, 5.41) is 4.53. The van der Waals surface area contributed by atoms with Crippen LogP contribution in [0.2, 0.25) is 0 Å². The molecule has 3 heterocycles. The van der Waals surface area contributed by atoms with Crippen LogP contribution in [0, 0.1) is 13.8 Å². The summed E-state index contributed by atoms with van der Waals surface area (Å²) >= 11 is 0. The molecule has 0 bridgehead atoms. The van der Waals surface area contributed by atoms with E-state index in [1.165, 1.54) is 5.56 Å². The number of nitrogens with zero attached hydrogens (tertiary/aromatic N) is 4. The monoisotopic (exact) mass is 346 g/mol. The van der Waals surface area contributed by atoms with Gasteiger partial charge in [-0.1, -0.05) is 0 Å². The van der Waals surface area contributed by atoms with Gasteiger partial charge in [0.25, 0.3) is 0 Å². The predicted octanol–water partition coefficient (Wildman–Crippen LogP) is 2.49. The average Bonchev–Trinajstić information content (AvgIpc) is 3.12. The first-order valence-corrected chi connectivity index (χ1v) is 9.47. The molecule has 2 aliphatic rings. The Morgan fingerprint density at radius 2 is 1.80 bits per heavy atom. The first kappa shape index (κ1) is 18.0. The SMILES string of the molecule is CC(=O)N1CCCC[C@H]1CC(=O)N1CCC[C@H]1c1c(C)nn(C)c1C. The van der Waals surface area contributed by atoms with Gasteiger partial charge in [0.1, 0.15) is 0 Å². The molecule has 0 N–H and O–H groups in total. The van der Waals surface area contributed by atoms with Crippen LogP contribution in [0.15, 0.2) is 0 Å². The smallest absolute Gasteiger partial charge is 0.225 e. The number of carbonyl (C=O) groups excluding carboxylic acids is 2. The van der Waals surface area contributed by atoms with E-state index in [-0.39, 0.29) is 23.9 Å². The van der Waals surface area contributed by atoms with Crippen molar-refractivity contribution in [1.82, 2.24) is 19.6 Å². The van der Waals surface area contributed by atoms with Gasteiger partial charge >= 0.3 is 0 Å². The molecule has 1 aromatic rings. The molecule has 6 heteroatoms. The molecule has 0 saturated carbocycles. The fraction of sp³-hybridized carbons (Fsp3) is 0.737. The number of rotatable bonds is 3. The third-order valence-electron chi connectivity index (χ3n) is 5.91. The lowest BCUT2D eigenvalue weighted by molar-refractivity contribution is -0.137. The number of likely N-dealkylation sites (tertiary alicyclic amines) is 2. The van der Waals surface area contributed by atoms with Crippen LogP contribution in [0.3, 0.4) is 0 Å². The molecule has 0 spiro atoms. The second-order valence-corrected chi connectivity index (χ2v) is 7.52. The third-order valence-corrected chi connectivity index (χ3v) is 5.91. The van der Waals surface area contributed by atoms with Gasteiger partial charge in [0.05, 0.1) is 11.7 Å². The van der Waals surface area contributed by atoms with E-state index in [2.05, 4.69) is 12.0 Å². The van der Waals surface area contributed by atoms with Crippen LogP contribution in [0.4, 0.5) is 0 Å². The summed E-state index contributed by atoms with van der Waals surface area (Å²) in [5.41, 5.74) is 3.37. The van der Waals surface area contributed by atoms with E-state index in [0.29, 0.717) is 6.42 Å². The third kappa shape index (κ3) is 3.44. The van der Waals surface area contributed by atoms with Crippen LogP contribution in [0.25, 0.3) is 0 Å². The Balaban J connectivity index is 1.75. The zero-order valence-electron chi connectivity index (χ0n) is 15.9. The van der Waals surface area contributed by atoms with Crippen molar-refractivity contribution in [2.24, 2.45) is 7.05 Å². The van der Waals surface area contributed by atoms with Crippen LogP contribution in [0.5, 0.6) is 0 Å². The van der Waals surface area contributed by atoms with Gasteiger partial charge in [0.15, 0.2) is 0 Å². The van der Waals surface area contributed by atoms with Crippen molar-refractivity contribution < 1.29 is 9.59 Å². The lowest BCUT2D eigenvalue weighted by atomic mass is 9.97. The highest BCUT2D eigenvalue weighted by atomic mass is 16.2. The van der Waals surface area contributed by atoms with Crippen molar-refractivity contribution >= 4 is 11.8 Å². The van der Waals surface area contributed by atoms with Crippen LogP contribution in [-0.2, 0) is 16.6 Å². The first-order chi connectivity index (χ1) is 11.9. The first-order valence-electron chi connectivity index (χ1n) is 9.47. The predicted molar refractivity (Wildman–Crippen MR) is 96.0 cm³/mol. The van der Waals surface area contributed by atoms with Crippen molar-refractivity contribution in [1.29, 1.82) is 0 Å². The maximum atomic E-state index is 13.1. The molecule has 1 aromatic heterocycles. The average molecular weight is 346 g/mol. The summed E-state index contributed by atoms with van der Waals surface area (Å²) in [5.74, 6) is 0.276. The highest BCUT2D eigenvalue weighted by Gasteiger charge is 2.35. The van der Waals surface area contributed by atoms with E-state index in [4.69, 9.17) is 0 Å². The molecule has 0 aromatic carbocycles. The molecule has 2 amide bonds. The second-order valence-electron chi connectivity index (χ2n) is 7.52. The van der Waals surface area contributed by atoms with Crippen LogP contribution < -0.4 is 0 Å². The van der Waals surface area contributed by atoms with Gasteiger partial charge in [-0.05, 0) is 46.0 Å². The summed E-state index contributed by atoms with van der Waals surface area (Å²) in [6.45, 7) is 7.32. The largest absolute Gasteiger partial charge is 0.339 e. The Labute approximate surface area is 150 Å². The minimum absolute atomic E-state index is 0.0658. The molecule has 25 heavy (non-hydrogen) atoms. The molecule has 0 radical (unpaired) electrons. The van der Waals surface area contributed by atoms with Gasteiger partial charge in [-0.25, -0.2) is 0 Å². The van der Waals surface area contributed by atoms with Gasteiger partial charge in [-0.15, -0.1) is 0 Å². The number of aryl methyl sites for hydroxylation is 2. The maximum Gasteiger partial charge on any atom is 0.225 e. The molecule has 3 rings (SSSR count). The van der Waals surface area contributed by atoms with E-state index in [1.807, 2.05) is 28.5 Å². The minimum Gasteiger partial charge on any atom is -0.339 e. The minimum atomic E-state index is 0.0658. The molecular formula is C19H30N4O2. The summed E-state index contributed by atoms with van der Waals surface area (Å²) < 4.78 is 1.91. The lowest BCUT2D eigenvalue weighted by Gasteiger charge is -2.36. The number of aromatic nitrogens is 2. The molecule has 2 atom stereocenters.